The van der Waals surface area contributed by atoms with E-state index in [4.69, 9.17) is 28.3 Å². The highest BCUT2D eigenvalue weighted by Crippen LogP contribution is 2.39. The van der Waals surface area contributed by atoms with Gasteiger partial charge in [0.05, 0.1) is 51.0 Å². The van der Waals surface area contributed by atoms with Crippen LogP contribution in [0.25, 0.3) is 10.2 Å². The molecule has 8 nitrogen and oxygen atoms in total. The lowest BCUT2D eigenvalue weighted by Gasteiger charge is -2.20. The molecule has 172 valence electrons. The predicted octanol–water partition coefficient (Wildman–Crippen LogP) is 5.16. The average molecular weight is 469 g/mol. The largest absolute Gasteiger partial charge is 0.494 e. The first-order valence-electron chi connectivity index (χ1n) is 10.3. The summed E-state index contributed by atoms with van der Waals surface area (Å²) >= 11 is 1.40. The fourth-order valence-electron chi connectivity index (χ4n) is 3.41. The fourth-order valence-corrected chi connectivity index (χ4v) is 4.40. The van der Waals surface area contributed by atoms with Gasteiger partial charge >= 0.3 is 0 Å². The van der Waals surface area contributed by atoms with Gasteiger partial charge in [-0.05, 0) is 49.4 Å². The first kappa shape index (κ1) is 22.5. The van der Waals surface area contributed by atoms with Crippen LogP contribution in [0.2, 0.25) is 0 Å². The molecule has 0 atom stereocenters. The molecule has 0 saturated heterocycles. The number of furan rings is 1. The van der Waals surface area contributed by atoms with Crippen molar-refractivity contribution >= 4 is 32.6 Å². The van der Waals surface area contributed by atoms with Crippen molar-refractivity contribution < 1.29 is 28.2 Å². The van der Waals surface area contributed by atoms with E-state index < -0.39 is 0 Å². The van der Waals surface area contributed by atoms with E-state index in [1.165, 1.54) is 32.7 Å². The van der Waals surface area contributed by atoms with Crippen molar-refractivity contribution in [1.82, 2.24) is 4.98 Å². The third-order valence-electron chi connectivity index (χ3n) is 4.94. The lowest BCUT2D eigenvalue weighted by molar-refractivity contribution is 0.0982. The Labute approximate surface area is 195 Å². The molecule has 2 heterocycles. The maximum atomic E-state index is 13.7. The molecule has 4 aromatic rings. The number of carbonyl (C=O) groups is 1. The van der Waals surface area contributed by atoms with Crippen molar-refractivity contribution in [3.05, 3.63) is 60.1 Å². The van der Waals surface area contributed by atoms with E-state index >= 15 is 0 Å². The number of nitrogens with zero attached hydrogens (tertiary/aromatic N) is 2. The molecule has 2 aromatic carbocycles. The minimum atomic E-state index is -0.283. The number of aromatic nitrogens is 1. The number of rotatable bonds is 9. The number of carbonyl (C=O) groups excluding carboxylic acids is 1. The molecule has 0 unspecified atom stereocenters. The van der Waals surface area contributed by atoms with Gasteiger partial charge in [-0.3, -0.25) is 9.69 Å². The number of thiazole rings is 1. The number of fused-ring (bicyclic) bond motifs is 1. The van der Waals surface area contributed by atoms with Crippen LogP contribution < -0.4 is 23.8 Å². The highest BCUT2D eigenvalue weighted by atomic mass is 32.1. The molecule has 4 rings (SSSR count). The van der Waals surface area contributed by atoms with Gasteiger partial charge in [0.15, 0.2) is 16.6 Å². The Morgan fingerprint density at radius 1 is 1.06 bits per heavy atom. The van der Waals surface area contributed by atoms with Crippen LogP contribution in [0, 0.1) is 0 Å². The number of hydrogen-bond acceptors (Lipinski definition) is 8. The van der Waals surface area contributed by atoms with Gasteiger partial charge in [0.1, 0.15) is 11.5 Å². The highest BCUT2D eigenvalue weighted by molar-refractivity contribution is 7.22. The van der Waals surface area contributed by atoms with Crippen molar-refractivity contribution in [2.75, 3.05) is 32.8 Å². The zero-order valence-corrected chi connectivity index (χ0v) is 19.6. The van der Waals surface area contributed by atoms with Gasteiger partial charge in [-0.1, -0.05) is 11.3 Å². The van der Waals surface area contributed by atoms with Crippen molar-refractivity contribution in [3.63, 3.8) is 0 Å². The van der Waals surface area contributed by atoms with Crippen LogP contribution in [0.1, 0.15) is 23.0 Å². The van der Waals surface area contributed by atoms with E-state index in [-0.39, 0.29) is 12.5 Å². The molecule has 0 saturated carbocycles. The second-order valence-corrected chi connectivity index (χ2v) is 7.95. The van der Waals surface area contributed by atoms with E-state index in [2.05, 4.69) is 0 Å². The molecule has 33 heavy (non-hydrogen) atoms. The van der Waals surface area contributed by atoms with E-state index in [1.807, 2.05) is 31.2 Å². The SMILES string of the molecule is CCOc1ccc2nc(N(Cc3ccco3)C(=O)c3cc(OC)c(OC)c(OC)c3)sc2c1. The van der Waals surface area contributed by atoms with Gasteiger partial charge in [0, 0.05) is 5.56 Å². The van der Waals surface area contributed by atoms with Gasteiger partial charge < -0.3 is 23.4 Å². The first-order chi connectivity index (χ1) is 16.1. The average Bonchev–Trinajstić information content (AvgIpc) is 3.50. The van der Waals surface area contributed by atoms with Crippen molar-refractivity contribution in [3.8, 4) is 23.0 Å². The number of benzene rings is 2. The number of anilines is 1. The Morgan fingerprint density at radius 2 is 1.82 bits per heavy atom. The molecule has 0 aliphatic carbocycles. The summed E-state index contributed by atoms with van der Waals surface area (Å²) < 4.78 is 28.3. The summed E-state index contributed by atoms with van der Waals surface area (Å²) in [5.74, 6) is 2.30. The Bertz CT molecular complexity index is 1230. The van der Waals surface area contributed by atoms with Gasteiger partial charge in [0.25, 0.3) is 5.91 Å². The molecule has 2 aromatic heterocycles. The molecular formula is C24H24N2O6S. The minimum Gasteiger partial charge on any atom is -0.494 e. The zero-order chi connectivity index (χ0) is 23.4. The van der Waals surface area contributed by atoms with Crippen LogP contribution in [0.4, 0.5) is 5.13 Å². The molecule has 0 aliphatic rings. The quantitative estimate of drug-likeness (QED) is 0.335. The summed E-state index contributed by atoms with van der Waals surface area (Å²) in [5, 5.41) is 0.536. The third-order valence-corrected chi connectivity index (χ3v) is 5.98. The smallest absolute Gasteiger partial charge is 0.260 e. The van der Waals surface area contributed by atoms with E-state index in [1.54, 1.807) is 29.4 Å². The van der Waals surface area contributed by atoms with Crippen molar-refractivity contribution in [2.24, 2.45) is 0 Å². The zero-order valence-electron chi connectivity index (χ0n) is 18.8. The van der Waals surface area contributed by atoms with Gasteiger partial charge in [-0.25, -0.2) is 4.98 Å². The first-order valence-corrected chi connectivity index (χ1v) is 11.1. The van der Waals surface area contributed by atoms with Crippen LogP contribution >= 0.6 is 11.3 Å². The maximum absolute atomic E-state index is 13.7. The van der Waals surface area contributed by atoms with Crippen molar-refractivity contribution in [1.29, 1.82) is 0 Å². The van der Waals surface area contributed by atoms with Crippen molar-refractivity contribution in [2.45, 2.75) is 13.5 Å². The fraction of sp³-hybridized carbons (Fsp3) is 0.250. The summed E-state index contributed by atoms with van der Waals surface area (Å²) in [7, 11) is 4.54. The molecule has 0 spiro atoms. The van der Waals surface area contributed by atoms with Gasteiger partial charge in [0.2, 0.25) is 5.75 Å². The van der Waals surface area contributed by atoms with E-state index in [0.29, 0.717) is 40.3 Å². The summed E-state index contributed by atoms with van der Waals surface area (Å²) in [5.41, 5.74) is 1.14. The van der Waals surface area contributed by atoms with Crippen LogP contribution in [-0.4, -0.2) is 38.8 Å². The predicted molar refractivity (Wildman–Crippen MR) is 126 cm³/mol. The maximum Gasteiger partial charge on any atom is 0.260 e. The topological polar surface area (TPSA) is 83.3 Å². The molecular weight excluding hydrogens is 444 g/mol. The highest BCUT2D eigenvalue weighted by Gasteiger charge is 2.26. The summed E-state index contributed by atoms with van der Waals surface area (Å²) in [6.07, 6.45) is 1.57. The molecule has 0 N–H and O–H groups in total. The Balaban J connectivity index is 1.78. The van der Waals surface area contributed by atoms with Crippen LogP contribution in [-0.2, 0) is 6.54 Å². The monoisotopic (exact) mass is 468 g/mol. The van der Waals surface area contributed by atoms with Crippen LogP contribution in [0.5, 0.6) is 23.0 Å². The standard InChI is InChI=1S/C24H24N2O6S/c1-5-31-16-8-9-18-21(13-16)33-24(25-18)26(14-17-7-6-10-32-17)23(27)15-11-19(28-2)22(30-4)20(12-15)29-3/h6-13H,5,14H2,1-4H3. The Morgan fingerprint density at radius 3 is 2.42 bits per heavy atom. The molecule has 0 aliphatic heterocycles. The van der Waals surface area contributed by atoms with Crippen LogP contribution in [0.15, 0.2) is 53.1 Å². The molecule has 9 heteroatoms. The van der Waals surface area contributed by atoms with E-state index in [9.17, 15) is 4.79 Å². The lowest BCUT2D eigenvalue weighted by atomic mass is 10.1. The number of methoxy groups -OCH3 is 3. The second kappa shape index (κ2) is 9.83. The molecule has 0 bridgehead atoms. The number of hydrogen-bond donors (Lipinski definition) is 0. The minimum absolute atomic E-state index is 0.209. The normalized spacial score (nSPS) is 10.8. The molecule has 0 radical (unpaired) electrons. The van der Waals surface area contributed by atoms with Crippen LogP contribution in [0.3, 0.4) is 0 Å². The molecule has 1 amide bonds. The lowest BCUT2D eigenvalue weighted by Crippen LogP contribution is -2.30. The summed E-state index contributed by atoms with van der Waals surface area (Å²) in [6, 6.07) is 12.5. The Hall–Kier alpha value is -3.72. The van der Waals surface area contributed by atoms with Gasteiger partial charge in [-0.15, -0.1) is 0 Å². The Kier molecular flexibility index (Phi) is 6.69. The van der Waals surface area contributed by atoms with E-state index in [0.717, 1.165) is 16.0 Å². The second-order valence-electron chi connectivity index (χ2n) is 6.94. The summed E-state index contributed by atoms with van der Waals surface area (Å²) in [4.78, 5) is 20.0. The third kappa shape index (κ3) is 4.58. The van der Waals surface area contributed by atoms with Gasteiger partial charge in [-0.2, -0.15) is 0 Å². The number of amides is 1. The summed E-state index contributed by atoms with van der Waals surface area (Å²) in [6.45, 7) is 2.71. The molecule has 0 fully saturated rings. The number of ether oxygens (including phenoxy) is 4.